The highest BCUT2D eigenvalue weighted by Crippen LogP contribution is 2.38. The summed E-state index contributed by atoms with van der Waals surface area (Å²) in [5.41, 5.74) is 6.93. The number of anilines is 2. The van der Waals surface area contributed by atoms with Crippen LogP contribution >= 0.6 is 0 Å². The first-order chi connectivity index (χ1) is 12.0. The van der Waals surface area contributed by atoms with Crippen molar-refractivity contribution in [1.29, 1.82) is 0 Å². The number of nitrogens with two attached hydrogens (primary N) is 1. The average molecular weight is 346 g/mol. The van der Waals surface area contributed by atoms with Gasteiger partial charge in [-0.2, -0.15) is 0 Å². The first-order valence-electron chi connectivity index (χ1n) is 8.28. The number of hydrogen-bond acceptors (Lipinski definition) is 6. The van der Waals surface area contributed by atoms with Crippen LogP contribution in [0.3, 0.4) is 0 Å². The second-order valence-electron chi connectivity index (χ2n) is 6.48. The molecule has 0 radical (unpaired) electrons. The predicted octanol–water partition coefficient (Wildman–Crippen LogP) is 1.32. The van der Waals surface area contributed by atoms with Crippen molar-refractivity contribution in [1.82, 2.24) is 9.88 Å². The van der Waals surface area contributed by atoms with E-state index in [1.807, 2.05) is 11.9 Å². The number of aromatic nitrogens is 1. The zero-order valence-electron chi connectivity index (χ0n) is 14.7. The lowest BCUT2D eigenvalue weighted by Gasteiger charge is -2.37. The highest BCUT2D eigenvalue weighted by Gasteiger charge is 2.36. The zero-order valence-corrected chi connectivity index (χ0v) is 14.7. The number of likely N-dealkylation sites (N-methyl/N-ethyl adjacent to an activating group) is 2. The van der Waals surface area contributed by atoms with Crippen molar-refractivity contribution in [3.63, 3.8) is 0 Å². The largest absolute Gasteiger partial charge is 0.404 e. The minimum absolute atomic E-state index is 0.160. The molecule has 2 aliphatic heterocycles. The Labute approximate surface area is 146 Å². The summed E-state index contributed by atoms with van der Waals surface area (Å²) in [6.45, 7) is 1.88. The number of hydrogen-bond donors (Lipinski definition) is 2. The van der Waals surface area contributed by atoms with Crippen molar-refractivity contribution >= 4 is 29.2 Å². The van der Waals surface area contributed by atoms with Gasteiger partial charge < -0.3 is 20.9 Å². The number of nitrogens with one attached hydrogen (secondary N) is 1. The number of carbonyl (C=O) groups is 1. The molecule has 3 heterocycles. The number of rotatable bonds is 4. The van der Waals surface area contributed by atoms with Crippen LogP contribution in [0.1, 0.15) is 28.9 Å². The second kappa shape index (κ2) is 6.79. The summed E-state index contributed by atoms with van der Waals surface area (Å²) in [7, 11) is 5.50. The van der Waals surface area contributed by atoms with Gasteiger partial charge in [-0.3, -0.25) is 9.79 Å². The van der Waals surface area contributed by atoms with Crippen LogP contribution in [0.4, 0.5) is 15.9 Å². The minimum Gasteiger partial charge on any atom is -0.404 e. The Balaban J connectivity index is 2.06. The molecular weight excluding hydrogens is 323 g/mol. The highest BCUT2D eigenvalue weighted by molar-refractivity contribution is 6.24. The van der Waals surface area contributed by atoms with Crippen LogP contribution in [0.25, 0.3) is 5.57 Å². The van der Waals surface area contributed by atoms with Gasteiger partial charge in [-0.1, -0.05) is 0 Å². The fraction of sp³-hybridized carbons (Fsp3) is 0.471. The lowest BCUT2D eigenvalue weighted by molar-refractivity contribution is 0.101. The summed E-state index contributed by atoms with van der Waals surface area (Å²) in [6, 6.07) is 0.160. The Bertz CT molecular complexity index is 760. The van der Waals surface area contributed by atoms with Gasteiger partial charge in [-0.15, -0.1) is 0 Å². The minimum atomic E-state index is -0.501. The molecule has 25 heavy (non-hydrogen) atoms. The fourth-order valence-corrected chi connectivity index (χ4v) is 3.40. The van der Waals surface area contributed by atoms with E-state index in [0.717, 1.165) is 25.9 Å². The normalized spacial score (nSPS) is 21.0. The fourth-order valence-electron chi connectivity index (χ4n) is 3.40. The van der Waals surface area contributed by atoms with E-state index in [1.54, 1.807) is 7.05 Å². The van der Waals surface area contributed by atoms with Gasteiger partial charge in [0.2, 0.25) is 0 Å². The third kappa shape index (κ3) is 2.97. The van der Waals surface area contributed by atoms with Gasteiger partial charge in [0.15, 0.2) is 11.6 Å². The van der Waals surface area contributed by atoms with Gasteiger partial charge in [0.1, 0.15) is 0 Å². The van der Waals surface area contributed by atoms with Crippen molar-refractivity contribution in [3.05, 3.63) is 23.3 Å². The van der Waals surface area contributed by atoms with E-state index in [2.05, 4.69) is 27.2 Å². The number of carbonyl (C=O) groups excluding carboxylic acids is 1. The molecule has 7 nitrogen and oxygen atoms in total. The van der Waals surface area contributed by atoms with E-state index < -0.39 is 5.82 Å². The third-order valence-corrected chi connectivity index (χ3v) is 4.79. The van der Waals surface area contributed by atoms with E-state index >= 15 is 0 Å². The van der Waals surface area contributed by atoms with Gasteiger partial charge in [-0.25, -0.2) is 9.37 Å². The third-order valence-electron chi connectivity index (χ3n) is 4.79. The zero-order chi connectivity index (χ0) is 18.1. The number of amides is 1. The first kappa shape index (κ1) is 17.3. The molecule has 3 N–H and O–H groups in total. The molecule has 1 saturated heterocycles. The number of allylic oxidation sites excluding steroid dienone is 1. The maximum absolute atomic E-state index is 14.9. The quantitative estimate of drug-likeness (QED) is 0.803. The molecule has 0 spiro atoms. The number of halogens is 1. The highest BCUT2D eigenvalue weighted by atomic mass is 19.1. The van der Waals surface area contributed by atoms with Crippen molar-refractivity contribution in [2.45, 2.75) is 18.9 Å². The summed E-state index contributed by atoms with van der Waals surface area (Å²) in [6.07, 6.45) is 4.87. The molecule has 0 bridgehead atoms. The average Bonchev–Trinajstić information content (AvgIpc) is 2.59. The van der Waals surface area contributed by atoms with Crippen LogP contribution in [-0.4, -0.2) is 62.3 Å². The maximum Gasteiger partial charge on any atom is 0.260 e. The van der Waals surface area contributed by atoms with Crippen LogP contribution < -0.4 is 16.0 Å². The molecule has 3 rings (SSSR count). The number of pyridine rings is 1. The van der Waals surface area contributed by atoms with Crippen LogP contribution in [-0.2, 0) is 0 Å². The second-order valence-corrected chi connectivity index (χ2v) is 6.48. The standard InChI is InChI=1S/C17H23FN6O/c1-20-8-10(7-19)14-12-15(22-17(12)25)13(18)16(21-14)24(3)11-5-4-6-23(2)9-11/h7-8,11H,4-6,9,19H2,1-3H3,(H,22,25)/t11-/m1/s1. The number of aliphatic imine (C=N–C) groups is 1. The van der Waals surface area contributed by atoms with E-state index in [1.165, 1.54) is 12.4 Å². The molecular formula is C17H23FN6O. The number of piperidine rings is 1. The Morgan fingerprint density at radius 1 is 1.56 bits per heavy atom. The molecule has 8 heteroatoms. The van der Waals surface area contributed by atoms with Gasteiger partial charge in [0, 0.05) is 44.7 Å². The Kier molecular flexibility index (Phi) is 4.71. The Hall–Kier alpha value is -2.48. The monoisotopic (exact) mass is 346 g/mol. The lowest BCUT2D eigenvalue weighted by atomic mass is 9.98. The smallest absolute Gasteiger partial charge is 0.260 e. The van der Waals surface area contributed by atoms with Crippen molar-refractivity contribution in [2.75, 3.05) is 44.4 Å². The maximum atomic E-state index is 14.9. The van der Waals surface area contributed by atoms with E-state index in [4.69, 9.17) is 5.73 Å². The van der Waals surface area contributed by atoms with E-state index in [0.29, 0.717) is 11.3 Å². The van der Waals surface area contributed by atoms with Crippen LogP contribution in [0.2, 0.25) is 0 Å². The Morgan fingerprint density at radius 3 is 2.92 bits per heavy atom. The SMILES string of the molecule is CN=CC(=CN)c1nc(N(C)[C@@H]2CCCN(C)C2)c(F)c2c1C(=O)N2. The van der Waals surface area contributed by atoms with Crippen LogP contribution in [0.5, 0.6) is 0 Å². The van der Waals surface area contributed by atoms with Crippen LogP contribution in [0.15, 0.2) is 11.2 Å². The molecule has 1 amide bonds. The summed E-state index contributed by atoms with van der Waals surface area (Å²) >= 11 is 0. The van der Waals surface area contributed by atoms with Crippen molar-refractivity contribution in [2.24, 2.45) is 10.7 Å². The number of likely N-dealkylation sites (tertiary alicyclic amines) is 1. The Morgan fingerprint density at radius 2 is 2.32 bits per heavy atom. The summed E-state index contributed by atoms with van der Waals surface area (Å²) in [4.78, 5) is 24.4. The lowest BCUT2D eigenvalue weighted by Crippen LogP contribution is -2.46. The summed E-state index contributed by atoms with van der Waals surface area (Å²) in [5, 5.41) is 2.52. The first-order valence-corrected chi connectivity index (χ1v) is 8.28. The molecule has 0 saturated carbocycles. The number of nitrogens with zero attached hydrogens (tertiary/aromatic N) is 4. The summed E-state index contributed by atoms with van der Waals surface area (Å²) < 4.78 is 14.9. The van der Waals surface area contributed by atoms with Crippen molar-refractivity contribution < 1.29 is 9.18 Å². The van der Waals surface area contributed by atoms with Gasteiger partial charge in [-0.05, 0) is 26.4 Å². The van der Waals surface area contributed by atoms with Gasteiger partial charge in [0.05, 0.1) is 16.9 Å². The van der Waals surface area contributed by atoms with Gasteiger partial charge in [0.25, 0.3) is 5.91 Å². The van der Waals surface area contributed by atoms with E-state index in [9.17, 15) is 9.18 Å². The molecule has 1 aromatic heterocycles. The molecule has 1 fully saturated rings. The molecule has 0 aliphatic carbocycles. The molecule has 2 aliphatic rings. The van der Waals surface area contributed by atoms with Crippen LogP contribution in [0, 0.1) is 5.82 Å². The molecule has 1 atom stereocenters. The van der Waals surface area contributed by atoms with E-state index in [-0.39, 0.29) is 29.0 Å². The predicted molar refractivity (Wildman–Crippen MR) is 97.7 cm³/mol. The number of fused-ring (bicyclic) bond motifs is 1. The molecule has 1 aromatic rings. The summed E-state index contributed by atoms with van der Waals surface area (Å²) in [5.74, 6) is -0.636. The molecule has 0 unspecified atom stereocenters. The van der Waals surface area contributed by atoms with Gasteiger partial charge >= 0.3 is 0 Å². The molecule has 134 valence electrons. The van der Waals surface area contributed by atoms with Crippen molar-refractivity contribution in [3.8, 4) is 0 Å². The molecule has 0 aromatic carbocycles. The topological polar surface area (TPSA) is 86.8 Å².